The molecule has 0 aliphatic rings. The third-order valence-corrected chi connectivity index (χ3v) is 3.83. The van der Waals surface area contributed by atoms with Crippen LogP contribution in [0.2, 0.25) is 5.15 Å². The molecule has 1 aromatic carbocycles. The monoisotopic (exact) mass is 268 g/mol. The molecule has 0 saturated carbocycles. The van der Waals surface area contributed by atoms with E-state index in [2.05, 4.69) is 9.97 Å². The summed E-state index contributed by atoms with van der Waals surface area (Å²) in [5, 5.41) is -0.0343. The molecule has 0 N–H and O–H groups in total. The fourth-order valence-corrected chi connectivity index (χ4v) is 2.78. The molecule has 6 heteroatoms. The lowest BCUT2D eigenvalue weighted by Gasteiger charge is -2.03. The van der Waals surface area contributed by atoms with Gasteiger partial charge in [0, 0.05) is 0 Å². The van der Waals surface area contributed by atoms with Gasteiger partial charge < -0.3 is 0 Å². The molecule has 1 heterocycles. The minimum Gasteiger partial charge on any atom is -0.259 e. The summed E-state index contributed by atoms with van der Waals surface area (Å²) in [6.07, 6.45) is 2.49. The fourth-order valence-electron chi connectivity index (χ4n) is 1.34. The Hall–Kier alpha value is -1.46. The summed E-state index contributed by atoms with van der Waals surface area (Å²) >= 11 is 5.62. The number of halogens is 1. The Bertz CT molecular complexity index is 614. The van der Waals surface area contributed by atoms with Gasteiger partial charge in [0.15, 0.2) is 5.03 Å². The predicted molar refractivity (Wildman–Crippen MR) is 64.4 cm³/mol. The first kappa shape index (κ1) is 12.0. The molecular formula is C11H9ClN2O2S. The second-order valence-corrected chi connectivity index (χ2v) is 5.75. The maximum absolute atomic E-state index is 12.0. The largest absolute Gasteiger partial charge is 0.259 e. The highest BCUT2D eigenvalue weighted by molar-refractivity contribution is 7.90. The summed E-state index contributed by atoms with van der Waals surface area (Å²) in [6, 6.07) is 8.89. The second-order valence-electron chi connectivity index (χ2n) is 3.42. The van der Waals surface area contributed by atoms with Crippen molar-refractivity contribution in [3.8, 4) is 0 Å². The molecule has 0 aliphatic heterocycles. The molecule has 88 valence electrons. The third-order valence-electron chi connectivity index (χ3n) is 2.10. The summed E-state index contributed by atoms with van der Waals surface area (Å²) in [5.74, 6) is -0.108. The lowest BCUT2D eigenvalue weighted by molar-refractivity contribution is 0.591. The number of benzene rings is 1. The summed E-state index contributed by atoms with van der Waals surface area (Å²) in [5.41, 5.74) is 0.703. The Morgan fingerprint density at radius 3 is 2.47 bits per heavy atom. The number of hydrogen-bond donors (Lipinski definition) is 0. The number of aromatic nitrogens is 2. The van der Waals surface area contributed by atoms with Crippen LogP contribution in [-0.2, 0) is 15.6 Å². The van der Waals surface area contributed by atoms with E-state index in [1.54, 1.807) is 24.3 Å². The quantitative estimate of drug-likeness (QED) is 0.855. The van der Waals surface area contributed by atoms with E-state index in [-0.39, 0.29) is 15.9 Å². The van der Waals surface area contributed by atoms with Crippen LogP contribution in [0.5, 0.6) is 0 Å². The fraction of sp³-hybridized carbons (Fsp3) is 0.0909. The molecule has 0 saturated heterocycles. The van der Waals surface area contributed by atoms with Crippen LogP contribution in [0.15, 0.2) is 47.8 Å². The van der Waals surface area contributed by atoms with Crippen molar-refractivity contribution in [3.05, 3.63) is 53.4 Å². The van der Waals surface area contributed by atoms with Crippen LogP contribution in [-0.4, -0.2) is 18.4 Å². The maximum Gasteiger partial charge on any atom is 0.201 e. The van der Waals surface area contributed by atoms with Gasteiger partial charge in [-0.1, -0.05) is 41.9 Å². The lowest BCUT2D eigenvalue weighted by atomic mass is 10.2. The van der Waals surface area contributed by atoms with Crippen molar-refractivity contribution < 1.29 is 8.42 Å². The van der Waals surface area contributed by atoms with Crippen molar-refractivity contribution in [1.29, 1.82) is 0 Å². The molecule has 17 heavy (non-hydrogen) atoms. The zero-order valence-corrected chi connectivity index (χ0v) is 10.3. The molecule has 0 atom stereocenters. The van der Waals surface area contributed by atoms with Gasteiger partial charge in [0.25, 0.3) is 0 Å². The van der Waals surface area contributed by atoms with Gasteiger partial charge in [-0.15, -0.1) is 0 Å². The minimum atomic E-state index is -3.49. The van der Waals surface area contributed by atoms with Gasteiger partial charge in [-0.05, 0) is 5.56 Å². The van der Waals surface area contributed by atoms with Gasteiger partial charge in [0.1, 0.15) is 5.15 Å². The van der Waals surface area contributed by atoms with Crippen LogP contribution < -0.4 is 0 Å². The van der Waals surface area contributed by atoms with E-state index in [0.29, 0.717) is 5.56 Å². The average Bonchev–Trinajstić information content (AvgIpc) is 2.30. The van der Waals surface area contributed by atoms with Gasteiger partial charge in [0.05, 0.1) is 18.1 Å². The van der Waals surface area contributed by atoms with Crippen molar-refractivity contribution >= 4 is 21.4 Å². The molecule has 1 aromatic heterocycles. The molecule has 2 aromatic rings. The molecule has 0 aliphatic carbocycles. The molecule has 0 fully saturated rings. The van der Waals surface area contributed by atoms with Crippen LogP contribution in [0.3, 0.4) is 0 Å². The first-order chi connectivity index (χ1) is 8.08. The average molecular weight is 269 g/mol. The number of sulfone groups is 1. The van der Waals surface area contributed by atoms with Gasteiger partial charge in [-0.3, -0.25) is 4.98 Å². The van der Waals surface area contributed by atoms with E-state index < -0.39 is 9.84 Å². The maximum atomic E-state index is 12.0. The molecular weight excluding hydrogens is 260 g/mol. The van der Waals surface area contributed by atoms with Crippen LogP contribution in [0, 0.1) is 0 Å². The van der Waals surface area contributed by atoms with Crippen LogP contribution >= 0.6 is 11.6 Å². The SMILES string of the molecule is O=S(=O)(Cc1ccccc1)c1cncc(Cl)n1. The summed E-state index contributed by atoms with van der Waals surface area (Å²) < 4.78 is 24.0. The van der Waals surface area contributed by atoms with E-state index in [0.717, 1.165) is 0 Å². The Kier molecular flexibility index (Phi) is 3.40. The molecule has 0 bridgehead atoms. The predicted octanol–water partition coefficient (Wildman–Crippen LogP) is 2.10. The molecule has 0 unspecified atom stereocenters. The Morgan fingerprint density at radius 1 is 1.12 bits per heavy atom. The van der Waals surface area contributed by atoms with Crippen molar-refractivity contribution in [1.82, 2.24) is 9.97 Å². The highest BCUT2D eigenvalue weighted by Gasteiger charge is 2.17. The molecule has 0 amide bonds. The summed E-state index contributed by atoms with van der Waals surface area (Å²) in [6.45, 7) is 0. The van der Waals surface area contributed by atoms with E-state index >= 15 is 0 Å². The van der Waals surface area contributed by atoms with Gasteiger partial charge in [-0.2, -0.15) is 0 Å². The number of rotatable bonds is 3. The van der Waals surface area contributed by atoms with Crippen LogP contribution in [0.25, 0.3) is 0 Å². The van der Waals surface area contributed by atoms with Crippen molar-refractivity contribution in [2.75, 3.05) is 0 Å². The minimum absolute atomic E-state index is 0.0686. The summed E-state index contributed by atoms with van der Waals surface area (Å²) in [7, 11) is -3.49. The van der Waals surface area contributed by atoms with E-state index in [4.69, 9.17) is 11.6 Å². The summed E-state index contributed by atoms with van der Waals surface area (Å²) in [4.78, 5) is 7.47. The number of nitrogens with zero attached hydrogens (tertiary/aromatic N) is 2. The highest BCUT2D eigenvalue weighted by Crippen LogP contribution is 2.15. The van der Waals surface area contributed by atoms with Gasteiger partial charge in [0.2, 0.25) is 9.84 Å². The number of hydrogen-bond acceptors (Lipinski definition) is 4. The standard InChI is InChI=1S/C11H9ClN2O2S/c12-10-6-13-7-11(14-10)17(15,16)8-9-4-2-1-3-5-9/h1-7H,8H2. The van der Waals surface area contributed by atoms with Crippen molar-refractivity contribution in [3.63, 3.8) is 0 Å². The van der Waals surface area contributed by atoms with E-state index in [1.165, 1.54) is 12.4 Å². The van der Waals surface area contributed by atoms with Crippen molar-refractivity contribution in [2.24, 2.45) is 0 Å². The van der Waals surface area contributed by atoms with E-state index in [1.807, 2.05) is 6.07 Å². The first-order valence-corrected chi connectivity index (χ1v) is 6.85. The topological polar surface area (TPSA) is 59.9 Å². The van der Waals surface area contributed by atoms with Gasteiger partial charge in [-0.25, -0.2) is 13.4 Å². The molecule has 2 rings (SSSR count). The molecule has 0 radical (unpaired) electrons. The van der Waals surface area contributed by atoms with Crippen LogP contribution in [0.1, 0.15) is 5.56 Å². The third kappa shape index (κ3) is 3.01. The van der Waals surface area contributed by atoms with Gasteiger partial charge >= 0.3 is 0 Å². The smallest absolute Gasteiger partial charge is 0.201 e. The highest BCUT2D eigenvalue weighted by atomic mass is 35.5. The Balaban J connectivity index is 2.32. The van der Waals surface area contributed by atoms with Crippen molar-refractivity contribution in [2.45, 2.75) is 10.8 Å². The first-order valence-electron chi connectivity index (χ1n) is 4.82. The van der Waals surface area contributed by atoms with E-state index in [9.17, 15) is 8.42 Å². The normalized spacial score (nSPS) is 11.4. The zero-order chi connectivity index (χ0) is 12.3. The van der Waals surface area contributed by atoms with Crippen LogP contribution in [0.4, 0.5) is 0 Å². The lowest BCUT2D eigenvalue weighted by Crippen LogP contribution is -2.07. The zero-order valence-electron chi connectivity index (χ0n) is 8.75. The molecule has 0 spiro atoms. The Morgan fingerprint density at radius 2 is 1.82 bits per heavy atom. The Labute approximate surface area is 104 Å². The molecule has 4 nitrogen and oxygen atoms in total. The second kappa shape index (κ2) is 4.81.